The number of nitro benzene ring substituents is 2. The molecule has 1 atom stereocenters. The van der Waals surface area contributed by atoms with E-state index in [1.807, 2.05) is 24.3 Å². The second kappa shape index (κ2) is 6.83. The predicted octanol–water partition coefficient (Wildman–Crippen LogP) is 5.20. The first-order valence-electron chi connectivity index (χ1n) is 9.95. The molecule has 4 rings (SSSR count). The second-order valence-electron chi connectivity index (χ2n) is 8.18. The standard InChI is InChI=1S/C22H23N3O5/c1-4-5-12-23-18-9-7-6-8-17(18)21(2,3)22(23)11-10-15-13-16(24(26)27)14-19(25(28)29)20(15)30-22/h6-11,13-14H,4-5,12H2,1-3H3. The Labute approximate surface area is 174 Å². The SMILES string of the molecule is CCCCN1c2ccccc2C(C)(C)C12C=Cc1cc([N+](=O)[O-])cc([N+](=O)[O-])c1O2. The van der Waals surface area contributed by atoms with Gasteiger partial charge in [-0.05, 0) is 44.1 Å². The van der Waals surface area contributed by atoms with Gasteiger partial charge in [0.25, 0.3) is 5.69 Å². The van der Waals surface area contributed by atoms with Crippen LogP contribution in [0.3, 0.4) is 0 Å². The minimum atomic E-state index is -0.972. The van der Waals surface area contributed by atoms with E-state index in [9.17, 15) is 20.2 Å². The van der Waals surface area contributed by atoms with Gasteiger partial charge in [0.05, 0.1) is 21.3 Å². The van der Waals surface area contributed by atoms with Gasteiger partial charge >= 0.3 is 5.69 Å². The van der Waals surface area contributed by atoms with Crippen molar-refractivity contribution in [3.63, 3.8) is 0 Å². The normalized spacial score (nSPS) is 20.6. The van der Waals surface area contributed by atoms with E-state index in [-0.39, 0.29) is 11.4 Å². The number of rotatable bonds is 5. The van der Waals surface area contributed by atoms with Crippen LogP contribution in [0.4, 0.5) is 17.1 Å². The summed E-state index contributed by atoms with van der Waals surface area (Å²) in [5.41, 5.74) is 0.253. The molecule has 0 radical (unpaired) electrons. The lowest BCUT2D eigenvalue weighted by atomic mass is 9.76. The Morgan fingerprint density at radius 1 is 1.10 bits per heavy atom. The van der Waals surface area contributed by atoms with E-state index in [4.69, 9.17) is 4.74 Å². The van der Waals surface area contributed by atoms with Crippen LogP contribution in [0, 0.1) is 20.2 Å². The Hall–Kier alpha value is -3.42. The Kier molecular flexibility index (Phi) is 4.52. The van der Waals surface area contributed by atoms with E-state index in [1.54, 1.807) is 6.08 Å². The van der Waals surface area contributed by atoms with Crippen LogP contribution in [-0.4, -0.2) is 22.1 Å². The van der Waals surface area contributed by atoms with Crippen molar-refractivity contribution in [1.82, 2.24) is 0 Å². The molecular formula is C22H23N3O5. The van der Waals surface area contributed by atoms with Crippen LogP contribution in [0.15, 0.2) is 42.5 Å². The number of anilines is 1. The number of hydrogen-bond donors (Lipinski definition) is 0. The lowest BCUT2D eigenvalue weighted by Gasteiger charge is -2.47. The number of unbranched alkanes of at least 4 members (excludes halogenated alkanes) is 1. The minimum Gasteiger partial charge on any atom is -0.456 e. The maximum atomic E-state index is 11.7. The molecule has 2 aliphatic rings. The molecule has 0 saturated carbocycles. The maximum Gasteiger partial charge on any atom is 0.318 e. The number of para-hydroxylation sites is 1. The van der Waals surface area contributed by atoms with Crippen LogP contribution < -0.4 is 9.64 Å². The summed E-state index contributed by atoms with van der Waals surface area (Å²) in [6.45, 7) is 6.95. The fraction of sp³-hybridized carbons (Fsp3) is 0.364. The molecule has 2 aliphatic heterocycles. The van der Waals surface area contributed by atoms with Gasteiger partial charge in [-0.1, -0.05) is 31.5 Å². The molecule has 0 amide bonds. The highest BCUT2D eigenvalue weighted by molar-refractivity contribution is 5.76. The quantitative estimate of drug-likeness (QED) is 0.497. The maximum absolute atomic E-state index is 11.7. The minimum absolute atomic E-state index is 0.0653. The first kappa shape index (κ1) is 19.9. The van der Waals surface area contributed by atoms with E-state index >= 15 is 0 Å². The van der Waals surface area contributed by atoms with Gasteiger partial charge < -0.3 is 9.64 Å². The molecule has 2 heterocycles. The van der Waals surface area contributed by atoms with Crippen LogP contribution in [0.25, 0.3) is 6.08 Å². The van der Waals surface area contributed by atoms with Gasteiger partial charge in [0, 0.05) is 23.9 Å². The van der Waals surface area contributed by atoms with E-state index in [1.165, 1.54) is 6.07 Å². The molecule has 30 heavy (non-hydrogen) atoms. The molecule has 8 heteroatoms. The molecule has 0 N–H and O–H groups in total. The van der Waals surface area contributed by atoms with Gasteiger partial charge in [0.15, 0.2) is 0 Å². The number of nitrogens with zero attached hydrogens (tertiary/aromatic N) is 3. The van der Waals surface area contributed by atoms with Crippen LogP contribution in [-0.2, 0) is 5.41 Å². The number of non-ortho nitro benzene ring substituents is 1. The summed E-state index contributed by atoms with van der Waals surface area (Å²) in [5.74, 6) is 0.0653. The Morgan fingerprint density at radius 3 is 2.50 bits per heavy atom. The van der Waals surface area contributed by atoms with E-state index < -0.39 is 26.7 Å². The lowest BCUT2D eigenvalue weighted by Crippen LogP contribution is -2.59. The zero-order valence-electron chi connectivity index (χ0n) is 17.1. The number of benzene rings is 2. The molecule has 1 spiro atoms. The molecule has 8 nitrogen and oxygen atoms in total. The summed E-state index contributed by atoms with van der Waals surface area (Å²) in [5, 5.41) is 23.0. The third kappa shape index (κ3) is 2.67. The topological polar surface area (TPSA) is 98.8 Å². The number of hydrogen-bond acceptors (Lipinski definition) is 6. The Morgan fingerprint density at radius 2 is 1.83 bits per heavy atom. The molecule has 0 saturated heterocycles. The molecule has 0 aromatic heterocycles. The molecule has 2 aromatic carbocycles. The van der Waals surface area contributed by atoms with Crippen molar-refractivity contribution in [1.29, 1.82) is 0 Å². The van der Waals surface area contributed by atoms with Crippen LogP contribution in [0.5, 0.6) is 5.75 Å². The summed E-state index contributed by atoms with van der Waals surface area (Å²) in [4.78, 5) is 23.9. The Bertz CT molecular complexity index is 1080. The predicted molar refractivity (Wildman–Crippen MR) is 114 cm³/mol. The summed E-state index contributed by atoms with van der Waals surface area (Å²) in [7, 11) is 0. The van der Waals surface area contributed by atoms with Gasteiger partial charge in [-0.2, -0.15) is 0 Å². The Balaban J connectivity index is 1.92. The first-order valence-corrected chi connectivity index (χ1v) is 9.95. The second-order valence-corrected chi connectivity index (χ2v) is 8.18. The van der Waals surface area contributed by atoms with E-state index in [0.717, 1.165) is 36.7 Å². The molecule has 2 aromatic rings. The fourth-order valence-electron chi connectivity index (χ4n) is 4.52. The number of nitro groups is 2. The lowest BCUT2D eigenvalue weighted by molar-refractivity contribution is -0.395. The van der Waals surface area contributed by atoms with E-state index in [0.29, 0.717) is 5.56 Å². The first-order chi connectivity index (χ1) is 14.2. The van der Waals surface area contributed by atoms with Crippen molar-refractivity contribution < 1.29 is 14.6 Å². The third-order valence-electron chi connectivity index (χ3n) is 6.14. The van der Waals surface area contributed by atoms with Crippen molar-refractivity contribution in [3.05, 3.63) is 73.8 Å². The van der Waals surface area contributed by atoms with Crippen LogP contribution >= 0.6 is 0 Å². The number of fused-ring (bicyclic) bond motifs is 2. The summed E-state index contributed by atoms with van der Waals surface area (Å²) >= 11 is 0. The zero-order valence-corrected chi connectivity index (χ0v) is 17.1. The van der Waals surface area contributed by atoms with Crippen molar-refractivity contribution in [3.8, 4) is 5.75 Å². The van der Waals surface area contributed by atoms with Crippen molar-refractivity contribution >= 4 is 23.1 Å². The highest BCUT2D eigenvalue weighted by Gasteiger charge is 2.59. The van der Waals surface area contributed by atoms with E-state index in [2.05, 4.69) is 31.7 Å². The van der Waals surface area contributed by atoms with Crippen molar-refractivity contribution in [2.45, 2.75) is 44.8 Å². The van der Waals surface area contributed by atoms with Gasteiger partial charge in [-0.3, -0.25) is 20.2 Å². The van der Waals surface area contributed by atoms with Gasteiger partial charge in [0.1, 0.15) is 0 Å². The zero-order chi connectivity index (χ0) is 21.7. The van der Waals surface area contributed by atoms with Gasteiger partial charge in [-0.25, -0.2) is 0 Å². The molecular weight excluding hydrogens is 386 g/mol. The smallest absolute Gasteiger partial charge is 0.318 e. The van der Waals surface area contributed by atoms with Crippen LogP contribution in [0.2, 0.25) is 0 Å². The summed E-state index contributed by atoms with van der Waals surface area (Å²) in [6.07, 6.45) is 5.52. The molecule has 1 unspecified atom stereocenters. The monoisotopic (exact) mass is 409 g/mol. The van der Waals surface area contributed by atoms with Crippen molar-refractivity contribution in [2.24, 2.45) is 0 Å². The largest absolute Gasteiger partial charge is 0.456 e. The van der Waals surface area contributed by atoms with Gasteiger partial charge in [-0.15, -0.1) is 0 Å². The molecule has 0 fully saturated rings. The fourth-order valence-corrected chi connectivity index (χ4v) is 4.52. The highest BCUT2D eigenvalue weighted by Crippen LogP contribution is 2.56. The summed E-state index contributed by atoms with van der Waals surface area (Å²) in [6, 6.07) is 10.3. The molecule has 156 valence electrons. The number of ether oxygens (including phenoxy) is 1. The van der Waals surface area contributed by atoms with Gasteiger partial charge in [0.2, 0.25) is 11.5 Å². The highest BCUT2D eigenvalue weighted by atomic mass is 16.6. The molecule has 0 bridgehead atoms. The summed E-state index contributed by atoms with van der Waals surface area (Å²) < 4.78 is 6.49. The van der Waals surface area contributed by atoms with Crippen molar-refractivity contribution in [2.75, 3.05) is 11.4 Å². The third-order valence-corrected chi connectivity index (χ3v) is 6.14. The molecule has 0 aliphatic carbocycles. The van der Waals surface area contributed by atoms with Crippen LogP contribution in [0.1, 0.15) is 44.7 Å². The average molecular weight is 409 g/mol. The average Bonchev–Trinajstić information content (AvgIpc) is 2.89.